The second-order valence-electron chi connectivity index (χ2n) is 3.26. The number of nitrogens with zero attached hydrogens (tertiary/aromatic N) is 2. The average molecular weight is 289 g/mol. The van der Waals surface area contributed by atoms with E-state index in [9.17, 15) is 4.79 Å². The number of aromatic nitrogens is 1. The molecule has 1 aromatic rings. The fourth-order valence-corrected chi connectivity index (χ4v) is 1.65. The Labute approximate surface area is 102 Å². The number of ether oxygens (including phenoxy) is 1. The fourth-order valence-electron chi connectivity index (χ4n) is 1.12. The molecule has 0 spiro atoms. The molecule has 5 nitrogen and oxygen atoms in total. The van der Waals surface area contributed by atoms with Crippen LogP contribution in [0.5, 0.6) is 5.75 Å². The van der Waals surface area contributed by atoms with Crippen LogP contribution >= 0.6 is 15.9 Å². The summed E-state index contributed by atoms with van der Waals surface area (Å²) in [7, 11) is 3.10. The molecular formula is C10H13BrN2O3. The third-order valence-electron chi connectivity index (χ3n) is 2.13. The van der Waals surface area contributed by atoms with E-state index in [2.05, 4.69) is 20.9 Å². The number of hydrogen-bond acceptors (Lipinski definition) is 3. The van der Waals surface area contributed by atoms with E-state index in [1.165, 1.54) is 11.9 Å². The molecule has 0 saturated carbocycles. The lowest BCUT2D eigenvalue weighted by atomic mass is 10.2. The van der Waals surface area contributed by atoms with Gasteiger partial charge in [0.1, 0.15) is 0 Å². The summed E-state index contributed by atoms with van der Waals surface area (Å²) in [5.74, 6) is 0.662. The van der Waals surface area contributed by atoms with E-state index in [1.807, 2.05) is 6.07 Å². The van der Waals surface area contributed by atoms with Crippen molar-refractivity contribution >= 4 is 22.0 Å². The maximum atomic E-state index is 10.6. The van der Waals surface area contributed by atoms with Gasteiger partial charge in [-0.25, -0.2) is 4.79 Å². The minimum absolute atomic E-state index is 0.418. The first-order chi connectivity index (χ1) is 7.54. The van der Waals surface area contributed by atoms with Crippen LogP contribution in [0.15, 0.2) is 16.7 Å². The normalized spacial score (nSPS) is 9.94. The molecule has 6 heteroatoms. The van der Waals surface area contributed by atoms with Gasteiger partial charge < -0.3 is 14.7 Å². The van der Waals surface area contributed by atoms with Gasteiger partial charge in [0, 0.05) is 25.7 Å². The van der Waals surface area contributed by atoms with Crippen molar-refractivity contribution in [2.45, 2.75) is 6.42 Å². The van der Waals surface area contributed by atoms with Crippen LogP contribution in [0, 0.1) is 0 Å². The van der Waals surface area contributed by atoms with Crippen molar-refractivity contribution in [2.75, 3.05) is 20.7 Å². The largest absolute Gasteiger partial charge is 0.494 e. The summed E-state index contributed by atoms with van der Waals surface area (Å²) < 4.78 is 5.87. The van der Waals surface area contributed by atoms with Gasteiger partial charge in [-0.2, -0.15) is 0 Å². The number of amides is 1. The van der Waals surface area contributed by atoms with Crippen LogP contribution in [-0.4, -0.2) is 41.8 Å². The monoisotopic (exact) mass is 288 g/mol. The molecule has 1 rings (SSSR count). The second-order valence-corrected chi connectivity index (χ2v) is 4.12. The maximum Gasteiger partial charge on any atom is 0.407 e. The summed E-state index contributed by atoms with van der Waals surface area (Å²) in [5, 5.41) is 8.67. The highest BCUT2D eigenvalue weighted by molar-refractivity contribution is 9.10. The van der Waals surface area contributed by atoms with Gasteiger partial charge in [0.25, 0.3) is 0 Å². The van der Waals surface area contributed by atoms with Gasteiger partial charge >= 0.3 is 6.09 Å². The van der Waals surface area contributed by atoms with E-state index in [0.29, 0.717) is 18.7 Å². The molecule has 1 amide bonds. The summed E-state index contributed by atoms with van der Waals surface area (Å²) in [4.78, 5) is 16.0. The molecule has 0 radical (unpaired) electrons. The van der Waals surface area contributed by atoms with E-state index in [0.717, 1.165) is 10.2 Å². The highest BCUT2D eigenvalue weighted by Crippen LogP contribution is 2.23. The van der Waals surface area contributed by atoms with E-state index >= 15 is 0 Å². The van der Waals surface area contributed by atoms with E-state index in [-0.39, 0.29) is 0 Å². The third kappa shape index (κ3) is 3.37. The van der Waals surface area contributed by atoms with Gasteiger partial charge in [0.15, 0.2) is 5.75 Å². The second kappa shape index (κ2) is 5.69. The standard InChI is InChI=1S/C10H13BrN2O3/c1-13(10(14)15)4-3-7-5-8(11)9(16-2)6-12-7/h5-6H,3-4H2,1-2H3,(H,14,15). The molecule has 0 atom stereocenters. The lowest BCUT2D eigenvalue weighted by Crippen LogP contribution is -2.27. The number of pyridine rings is 1. The van der Waals surface area contributed by atoms with Crippen molar-refractivity contribution in [1.29, 1.82) is 0 Å². The number of likely N-dealkylation sites (N-methyl/N-ethyl adjacent to an activating group) is 1. The highest BCUT2D eigenvalue weighted by atomic mass is 79.9. The molecule has 0 aromatic carbocycles. The van der Waals surface area contributed by atoms with E-state index < -0.39 is 6.09 Å². The summed E-state index contributed by atoms with van der Waals surface area (Å²) in [6.07, 6.45) is 1.25. The number of rotatable bonds is 4. The summed E-state index contributed by atoms with van der Waals surface area (Å²) >= 11 is 3.35. The zero-order valence-electron chi connectivity index (χ0n) is 9.11. The molecule has 1 N–H and O–H groups in total. The van der Waals surface area contributed by atoms with Crippen LogP contribution in [0.25, 0.3) is 0 Å². The predicted molar refractivity (Wildman–Crippen MR) is 62.8 cm³/mol. The molecule has 0 saturated heterocycles. The molecule has 0 aliphatic rings. The van der Waals surface area contributed by atoms with Gasteiger partial charge in [-0.3, -0.25) is 4.98 Å². The Morgan fingerprint density at radius 2 is 2.38 bits per heavy atom. The minimum Gasteiger partial charge on any atom is -0.494 e. The van der Waals surface area contributed by atoms with Crippen molar-refractivity contribution in [3.05, 3.63) is 22.4 Å². The molecule has 0 fully saturated rings. The van der Waals surface area contributed by atoms with Crippen molar-refractivity contribution in [2.24, 2.45) is 0 Å². The fraction of sp³-hybridized carbons (Fsp3) is 0.400. The van der Waals surface area contributed by atoms with Crippen LogP contribution in [0.3, 0.4) is 0 Å². The predicted octanol–water partition coefficient (Wildman–Crippen LogP) is 2.00. The Hall–Kier alpha value is -1.30. The van der Waals surface area contributed by atoms with Crippen LogP contribution in [-0.2, 0) is 6.42 Å². The quantitative estimate of drug-likeness (QED) is 0.921. The van der Waals surface area contributed by atoms with Gasteiger partial charge in [0.05, 0.1) is 17.8 Å². The maximum absolute atomic E-state index is 10.6. The summed E-state index contributed by atoms with van der Waals surface area (Å²) in [6, 6.07) is 1.83. The Kier molecular flexibility index (Phi) is 4.54. The van der Waals surface area contributed by atoms with Crippen molar-refractivity contribution < 1.29 is 14.6 Å². The van der Waals surface area contributed by atoms with Crippen LogP contribution < -0.4 is 4.74 Å². The smallest absolute Gasteiger partial charge is 0.407 e. The lowest BCUT2D eigenvalue weighted by Gasteiger charge is -2.12. The van der Waals surface area contributed by atoms with Gasteiger partial charge in [-0.15, -0.1) is 0 Å². The molecule has 0 unspecified atom stereocenters. The van der Waals surface area contributed by atoms with Crippen LogP contribution in [0.4, 0.5) is 4.79 Å². The minimum atomic E-state index is -0.937. The molecule has 88 valence electrons. The zero-order valence-corrected chi connectivity index (χ0v) is 10.7. The Balaban J connectivity index is 2.62. The van der Waals surface area contributed by atoms with Crippen molar-refractivity contribution in [1.82, 2.24) is 9.88 Å². The first kappa shape index (κ1) is 12.8. The summed E-state index contributed by atoms with van der Waals surface area (Å²) in [5.41, 5.74) is 0.820. The number of carbonyl (C=O) groups is 1. The van der Waals surface area contributed by atoms with Crippen LogP contribution in [0.1, 0.15) is 5.69 Å². The highest BCUT2D eigenvalue weighted by Gasteiger charge is 2.07. The van der Waals surface area contributed by atoms with Crippen molar-refractivity contribution in [3.63, 3.8) is 0 Å². The van der Waals surface area contributed by atoms with Gasteiger partial charge in [0.2, 0.25) is 0 Å². The molecule has 1 aromatic heterocycles. The third-order valence-corrected chi connectivity index (χ3v) is 2.75. The number of carboxylic acid groups (broad SMARTS) is 1. The molecule has 1 heterocycles. The van der Waals surface area contributed by atoms with E-state index in [1.54, 1.807) is 13.3 Å². The Morgan fingerprint density at radius 1 is 1.69 bits per heavy atom. The molecule has 0 aliphatic carbocycles. The first-order valence-corrected chi connectivity index (χ1v) is 5.46. The van der Waals surface area contributed by atoms with E-state index in [4.69, 9.17) is 9.84 Å². The first-order valence-electron chi connectivity index (χ1n) is 4.67. The molecular weight excluding hydrogens is 276 g/mol. The average Bonchev–Trinajstić information content (AvgIpc) is 2.25. The molecule has 0 bridgehead atoms. The molecule has 0 aliphatic heterocycles. The lowest BCUT2D eigenvalue weighted by molar-refractivity contribution is 0.156. The topological polar surface area (TPSA) is 62.7 Å². The van der Waals surface area contributed by atoms with Crippen molar-refractivity contribution in [3.8, 4) is 5.75 Å². The number of hydrogen-bond donors (Lipinski definition) is 1. The number of methoxy groups -OCH3 is 1. The number of halogens is 1. The summed E-state index contributed by atoms with van der Waals surface area (Å²) in [6.45, 7) is 0.418. The van der Waals surface area contributed by atoms with Crippen LogP contribution in [0.2, 0.25) is 0 Å². The van der Waals surface area contributed by atoms with Gasteiger partial charge in [-0.05, 0) is 22.0 Å². The Morgan fingerprint density at radius 3 is 2.88 bits per heavy atom. The Bertz CT molecular complexity index is 384. The zero-order chi connectivity index (χ0) is 12.1. The SMILES string of the molecule is COc1cnc(CCN(C)C(=O)O)cc1Br. The molecule has 16 heavy (non-hydrogen) atoms. The van der Waals surface area contributed by atoms with Gasteiger partial charge in [-0.1, -0.05) is 0 Å².